The first-order valence-electron chi connectivity index (χ1n) is 11.6. The summed E-state index contributed by atoms with van der Waals surface area (Å²) in [5.41, 5.74) is 0.174. The van der Waals surface area contributed by atoms with Crippen molar-refractivity contribution >= 4 is 28.6 Å². The molecule has 0 bridgehead atoms. The van der Waals surface area contributed by atoms with Gasteiger partial charge < -0.3 is 14.0 Å². The van der Waals surface area contributed by atoms with Crippen LogP contribution in [0.25, 0.3) is 16.7 Å². The molecule has 184 valence electrons. The number of aromatic nitrogens is 3. The second kappa shape index (κ2) is 9.82. The van der Waals surface area contributed by atoms with Gasteiger partial charge in [0.2, 0.25) is 0 Å². The number of benzene rings is 1. The number of carbonyl (C=O) groups excluding carboxylic acids is 2. The van der Waals surface area contributed by atoms with E-state index in [-0.39, 0.29) is 52.5 Å². The molecule has 1 aliphatic heterocycles. The van der Waals surface area contributed by atoms with E-state index in [2.05, 4.69) is 9.98 Å². The Morgan fingerprint density at radius 2 is 2.08 bits per heavy atom. The van der Waals surface area contributed by atoms with Crippen molar-refractivity contribution in [1.29, 1.82) is 0 Å². The van der Waals surface area contributed by atoms with Crippen molar-refractivity contribution < 1.29 is 23.5 Å². The smallest absolute Gasteiger partial charge is 0.341 e. The zero-order valence-electron chi connectivity index (χ0n) is 19.5. The Bertz CT molecular complexity index is 1620. The molecule has 5 rings (SSSR count). The summed E-state index contributed by atoms with van der Waals surface area (Å²) in [4.78, 5) is 48.4. The van der Waals surface area contributed by atoms with Crippen molar-refractivity contribution in [3.63, 3.8) is 0 Å². The fraction of sp³-hybridized carbons (Fsp3) is 0.269. The summed E-state index contributed by atoms with van der Waals surface area (Å²) in [5, 5.41) is 0.164. The van der Waals surface area contributed by atoms with Crippen LogP contribution in [-0.4, -0.2) is 45.1 Å². The number of carbonyl (C=O) groups is 2. The van der Waals surface area contributed by atoms with Crippen LogP contribution in [-0.2, 0) is 16.0 Å². The predicted octanol–water partition coefficient (Wildman–Crippen LogP) is 2.89. The standard InChI is InChI=1S/C26H23FN4O5/c1-2-35-26(34)20-14-19-22(28-21-10-3-4-11-30(21)25(19)33)31(15-18-9-6-12-36-18)23(20)29-24(32)16-7-5-8-17(27)13-16/h3-5,7-8,10-11,13-14,18H,2,6,9,12,15H2,1H3/t18-/m1/s1. The third-order valence-electron chi connectivity index (χ3n) is 5.97. The van der Waals surface area contributed by atoms with Crippen LogP contribution in [0.2, 0.25) is 0 Å². The number of amides is 1. The van der Waals surface area contributed by atoms with Gasteiger partial charge in [-0.3, -0.25) is 14.0 Å². The maximum atomic E-state index is 13.8. The number of ether oxygens (including phenoxy) is 2. The van der Waals surface area contributed by atoms with E-state index in [9.17, 15) is 18.8 Å². The molecular formula is C26H23FN4O5. The normalized spacial score (nSPS) is 16.1. The van der Waals surface area contributed by atoms with E-state index in [0.29, 0.717) is 12.3 Å². The number of pyridine rings is 2. The van der Waals surface area contributed by atoms with Gasteiger partial charge in [-0.1, -0.05) is 12.1 Å². The van der Waals surface area contributed by atoms with Gasteiger partial charge in [-0.15, -0.1) is 0 Å². The van der Waals surface area contributed by atoms with Crippen LogP contribution in [0.1, 0.15) is 40.5 Å². The summed E-state index contributed by atoms with van der Waals surface area (Å²) in [6.07, 6.45) is 2.96. The van der Waals surface area contributed by atoms with Crippen molar-refractivity contribution in [2.45, 2.75) is 32.4 Å². The van der Waals surface area contributed by atoms with Crippen LogP contribution < -0.4 is 11.0 Å². The average Bonchev–Trinajstić information content (AvgIpc) is 3.39. The van der Waals surface area contributed by atoms with Gasteiger partial charge in [0.15, 0.2) is 5.49 Å². The lowest BCUT2D eigenvalue weighted by molar-refractivity contribution is 0.0521. The molecule has 1 amide bonds. The summed E-state index contributed by atoms with van der Waals surface area (Å²) in [7, 11) is 0. The molecule has 1 saturated heterocycles. The quantitative estimate of drug-likeness (QED) is 0.315. The van der Waals surface area contributed by atoms with E-state index < -0.39 is 17.7 Å². The van der Waals surface area contributed by atoms with Gasteiger partial charge in [0.25, 0.3) is 11.5 Å². The molecule has 1 fully saturated rings. The van der Waals surface area contributed by atoms with Crippen molar-refractivity contribution in [2.75, 3.05) is 13.2 Å². The minimum absolute atomic E-state index is 0.0140. The zero-order valence-corrected chi connectivity index (χ0v) is 19.5. The number of nitrogens with zero attached hydrogens (tertiary/aromatic N) is 4. The van der Waals surface area contributed by atoms with E-state index in [1.165, 1.54) is 28.7 Å². The number of halogens is 1. The van der Waals surface area contributed by atoms with E-state index >= 15 is 0 Å². The largest absolute Gasteiger partial charge is 0.462 e. The Kier molecular flexibility index (Phi) is 6.43. The first-order valence-corrected chi connectivity index (χ1v) is 11.6. The van der Waals surface area contributed by atoms with Gasteiger partial charge >= 0.3 is 5.97 Å². The fourth-order valence-corrected chi connectivity index (χ4v) is 4.30. The fourth-order valence-electron chi connectivity index (χ4n) is 4.30. The minimum Gasteiger partial charge on any atom is -0.462 e. The van der Waals surface area contributed by atoms with Gasteiger partial charge in [-0.25, -0.2) is 14.2 Å². The summed E-state index contributed by atoms with van der Waals surface area (Å²) >= 11 is 0. The lowest BCUT2D eigenvalue weighted by Crippen LogP contribution is -2.35. The van der Waals surface area contributed by atoms with Crippen molar-refractivity contribution in [2.24, 2.45) is 4.99 Å². The summed E-state index contributed by atoms with van der Waals surface area (Å²) < 4.78 is 27.8. The SMILES string of the molecule is CCOC(=O)c1cc2c(=O)n3ccccc3nc2n(C[C@H]2CCCO2)c1=NC(=O)c1cccc(F)c1. The molecule has 4 aromatic rings. The van der Waals surface area contributed by atoms with Gasteiger partial charge in [0, 0.05) is 18.4 Å². The second-order valence-electron chi connectivity index (χ2n) is 8.36. The molecule has 0 aliphatic carbocycles. The summed E-state index contributed by atoms with van der Waals surface area (Å²) in [6, 6.07) is 11.6. The molecule has 1 atom stereocenters. The molecule has 1 aromatic carbocycles. The van der Waals surface area contributed by atoms with E-state index in [0.717, 1.165) is 18.9 Å². The minimum atomic E-state index is -0.752. The molecule has 0 saturated carbocycles. The Morgan fingerprint density at radius 1 is 1.22 bits per heavy atom. The van der Waals surface area contributed by atoms with Gasteiger partial charge in [0.05, 0.1) is 24.6 Å². The summed E-state index contributed by atoms with van der Waals surface area (Å²) in [5.74, 6) is -2.09. The number of rotatable bonds is 5. The Hall–Kier alpha value is -4.18. The molecule has 10 heteroatoms. The van der Waals surface area contributed by atoms with Crippen LogP contribution >= 0.6 is 0 Å². The number of esters is 1. The Labute approximate surface area is 204 Å². The molecule has 1 aliphatic rings. The van der Waals surface area contributed by atoms with Gasteiger partial charge in [-0.2, -0.15) is 4.99 Å². The highest BCUT2D eigenvalue weighted by atomic mass is 19.1. The van der Waals surface area contributed by atoms with Crippen LogP contribution in [0.5, 0.6) is 0 Å². The predicted molar refractivity (Wildman–Crippen MR) is 128 cm³/mol. The summed E-state index contributed by atoms with van der Waals surface area (Å²) in [6.45, 7) is 2.51. The Balaban J connectivity index is 1.86. The highest BCUT2D eigenvalue weighted by Gasteiger charge is 2.24. The molecule has 3 aromatic heterocycles. The van der Waals surface area contributed by atoms with Crippen molar-refractivity contribution in [1.82, 2.24) is 14.0 Å². The molecule has 4 heterocycles. The van der Waals surface area contributed by atoms with E-state index in [1.54, 1.807) is 35.9 Å². The monoisotopic (exact) mass is 490 g/mol. The molecule has 36 heavy (non-hydrogen) atoms. The maximum absolute atomic E-state index is 13.8. The van der Waals surface area contributed by atoms with Crippen LogP contribution in [0.4, 0.5) is 4.39 Å². The molecule has 0 unspecified atom stereocenters. The number of hydrogen-bond donors (Lipinski definition) is 0. The highest BCUT2D eigenvalue weighted by Crippen LogP contribution is 2.17. The Morgan fingerprint density at radius 3 is 2.83 bits per heavy atom. The number of fused-ring (bicyclic) bond motifs is 2. The van der Waals surface area contributed by atoms with Crippen LogP contribution in [0, 0.1) is 5.82 Å². The topological polar surface area (TPSA) is 104 Å². The molecule has 9 nitrogen and oxygen atoms in total. The average molecular weight is 490 g/mol. The zero-order chi connectivity index (χ0) is 25.2. The lowest BCUT2D eigenvalue weighted by atomic mass is 10.1. The van der Waals surface area contributed by atoms with Gasteiger partial charge in [0.1, 0.15) is 22.7 Å². The van der Waals surface area contributed by atoms with E-state index in [4.69, 9.17) is 9.47 Å². The lowest BCUT2D eigenvalue weighted by Gasteiger charge is -2.18. The first-order chi connectivity index (χ1) is 17.5. The van der Waals surface area contributed by atoms with Crippen LogP contribution in [0.15, 0.2) is 64.5 Å². The van der Waals surface area contributed by atoms with Gasteiger partial charge in [-0.05, 0) is 56.2 Å². The first kappa shape index (κ1) is 23.6. The second-order valence-corrected chi connectivity index (χ2v) is 8.36. The maximum Gasteiger partial charge on any atom is 0.341 e. The molecule has 0 radical (unpaired) electrons. The highest BCUT2D eigenvalue weighted by molar-refractivity contribution is 5.97. The molecular weight excluding hydrogens is 467 g/mol. The number of hydrogen-bond acceptors (Lipinski definition) is 6. The third kappa shape index (κ3) is 4.42. The molecule has 0 spiro atoms. The van der Waals surface area contributed by atoms with Crippen molar-refractivity contribution in [3.05, 3.63) is 87.5 Å². The van der Waals surface area contributed by atoms with Crippen LogP contribution in [0.3, 0.4) is 0 Å². The molecule has 0 N–H and O–H groups in total. The third-order valence-corrected chi connectivity index (χ3v) is 5.97. The van der Waals surface area contributed by atoms with E-state index in [1.807, 2.05) is 0 Å². The van der Waals surface area contributed by atoms with Crippen molar-refractivity contribution in [3.8, 4) is 0 Å².